The number of nitrogen functional groups attached to an aromatic ring is 1. The van der Waals surface area contributed by atoms with Gasteiger partial charge in [-0.3, -0.25) is 14.5 Å². The van der Waals surface area contributed by atoms with Crippen molar-refractivity contribution < 1.29 is 9.59 Å². The van der Waals surface area contributed by atoms with E-state index in [4.69, 9.17) is 5.73 Å². The van der Waals surface area contributed by atoms with Gasteiger partial charge in [-0.05, 0) is 31.5 Å². The zero-order valence-electron chi connectivity index (χ0n) is 12.0. The molecule has 0 aromatic heterocycles. The Morgan fingerprint density at radius 1 is 1.05 bits per heavy atom. The highest BCUT2D eigenvalue weighted by Gasteiger charge is 2.40. The van der Waals surface area contributed by atoms with Gasteiger partial charge < -0.3 is 5.73 Å². The average molecular weight is 280 g/mol. The van der Waals surface area contributed by atoms with Crippen LogP contribution in [0.25, 0.3) is 0 Å². The van der Waals surface area contributed by atoms with E-state index < -0.39 is 0 Å². The fraction of sp³-hybridized carbons (Fsp3) is 0.176. The highest BCUT2D eigenvalue weighted by atomic mass is 16.2. The Morgan fingerprint density at radius 2 is 1.76 bits per heavy atom. The maximum absolute atomic E-state index is 12.6. The van der Waals surface area contributed by atoms with E-state index >= 15 is 0 Å². The second-order valence-corrected chi connectivity index (χ2v) is 5.34. The first-order chi connectivity index (χ1) is 10.0. The molecule has 0 saturated heterocycles. The number of carbonyl (C=O) groups is 2. The molecule has 4 heteroatoms. The van der Waals surface area contributed by atoms with Gasteiger partial charge in [0.1, 0.15) is 0 Å². The number of hydrogen-bond acceptors (Lipinski definition) is 3. The van der Waals surface area contributed by atoms with E-state index in [0.29, 0.717) is 16.8 Å². The van der Waals surface area contributed by atoms with Crippen LogP contribution in [-0.4, -0.2) is 16.7 Å². The second-order valence-electron chi connectivity index (χ2n) is 5.34. The summed E-state index contributed by atoms with van der Waals surface area (Å²) in [5.41, 5.74) is 8.94. The predicted molar refractivity (Wildman–Crippen MR) is 80.9 cm³/mol. The number of carbonyl (C=O) groups excluding carboxylic acids is 2. The van der Waals surface area contributed by atoms with Crippen molar-refractivity contribution in [2.75, 3.05) is 5.73 Å². The number of nitrogens with two attached hydrogens (primary N) is 1. The summed E-state index contributed by atoms with van der Waals surface area (Å²) < 4.78 is 0. The monoisotopic (exact) mass is 280 g/mol. The van der Waals surface area contributed by atoms with Crippen LogP contribution < -0.4 is 5.73 Å². The van der Waals surface area contributed by atoms with Gasteiger partial charge in [-0.2, -0.15) is 0 Å². The Labute approximate surface area is 123 Å². The third-order valence-electron chi connectivity index (χ3n) is 3.89. The molecule has 2 aromatic carbocycles. The molecule has 2 amide bonds. The maximum atomic E-state index is 12.6. The first-order valence-electron chi connectivity index (χ1n) is 6.83. The number of amides is 2. The van der Waals surface area contributed by atoms with Crippen molar-refractivity contribution in [3.63, 3.8) is 0 Å². The number of anilines is 1. The maximum Gasteiger partial charge on any atom is 0.264 e. The standard InChI is InChI=1S/C17H16N2O2/c1-10-5-3-6-12(9-10)11(2)19-16(20)13-7-4-8-14(18)15(13)17(19)21/h3-9,11H,18H2,1-2H3. The minimum Gasteiger partial charge on any atom is -0.398 e. The summed E-state index contributed by atoms with van der Waals surface area (Å²) in [5.74, 6) is -0.599. The van der Waals surface area contributed by atoms with Gasteiger partial charge in [0.15, 0.2) is 0 Å². The molecule has 0 spiro atoms. The third kappa shape index (κ3) is 2.00. The molecule has 0 bridgehead atoms. The van der Waals surface area contributed by atoms with E-state index in [0.717, 1.165) is 11.1 Å². The summed E-state index contributed by atoms with van der Waals surface area (Å²) in [7, 11) is 0. The smallest absolute Gasteiger partial charge is 0.264 e. The van der Waals surface area contributed by atoms with Crippen LogP contribution >= 0.6 is 0 Å². The van der Waals surface area contributed by atoms with Gasteiger partial charge in [-0.15, -0.1) is 0 Å². The van der Waals surface area contributed by atoms with Gasteiger partial charge >= 0.3 is 0 Å². The molecular weight excluding hydrogens is 264 g/mol. The molecule has 0 radical (unpaired) electrons. The first kappa shape index (κ1) is 13.4. The molecule has 4 nitrogen and oxygen atoms in total. The fourth-order valence-electron chi connectivity index (χ4n) is 2.76. The van der Waals surface area contributed by atoms with E-state index in [9.17, 15) is 9.59 Å². The Bertz CT molecular complexity index is 752. The van der Waals surface area contributed by atoms with Crippen LogP contribution in [0.5, 0.6) is 0 Å². The predicted octanol–water partition coefficient (Wildman–Crippen LogP) is 2.93. The fourth-order valence-corrected chi connectivity index (χ4v) is 2.76. The van der Waals surface area contributed by atoms with Crippen LogP contribution in [0, 0.1) is 6.92 Å². The van der Waals surface area contributed by atoms with E-state index in [2.05, 4.69) is 0 Å². The Hall–Kier alpha value is -2.62. The molecular formula is C17H16N2O2. The number of nitrogens with zero attached hydrogens (tertiary/aromatic N) is 1. The van der Waals surface area contributed by atoms with Crippen LogP contribution in [0.4, 0.5) is 5.69 Å². The molecule has 3 rings (SSSR count). The molecule has 1 unspecified atom stereocenters. The van der Waals surface area contributed by atoms with Crippen LogP contribution in [0.15, 0.2) is 42.5 Å². The molecule has 106 valence electrons. The summed E-state index contributed by atoms with van der Waals surface area (Å²) >= 11 is 0. The molecule has 1 aliphatic rings. The van der Waals surface area contributed by atoms with Gasteiger partial charge in [-0.1, -0.05) is 35.9 Å². The highest BCUT2D eigenvalue weighted by molar-refractivity contribution is 6.23. The molecule has 1 heterocycles. The zero-order chi connectivity index (χ0) is 15.1. The number of rotatable bonds is 2. The van der Waals surface area contributed by atoms with Crippen molar-refractivity contribution in [3.05, 3.63) is 64.7 Å². The summed E-state index contributed by atoms with van der Waals surface area (Å²) in [6, 6.07) is 12.5. The topological polar surface area (TPSA) is 63.4 Å². The zero-order valence-corrected chi connectivity index (χ0v) is 12.0. The Balaban J connectivity index is 2.04. The molecule has 21 heavy (non-hydrogen) atoms. The Kier molecular flexibility index (Phi) is 3.01. The molecule has 1 atom stereocenters. The molecule has 2 aromatic rings. The normalized spacial score (nSPS) is 15.2. The number of aryl methyl sites for hydroxylation is 1. The minimum absolute atomic E-state index is 0.281. The van der Waals surface area contributed by atoms with E-state index in [1.807, 2.05) is 38.1 Å². The van der Waals surface area contributed by atoms with Gasteiger partial charge in [0, 0.05) is 5.69 Å². The minimum atomic E-state index is -0.323. The quantitative estimate of drug-likeness (QED) is 0.679. The second kappa shape index (κ2) is 4.74. The summed E-state index contributed by atoms with van der Waals surface area (Å²) in [5, 5.41) is 0. The molecule has 2 N–H and O–H groups in total. The number of benzene rings is 2. The lowest BCUT2D eigenvalue weighted by Crippen LogP contribution is -2.32. The average Bonchev–Trinajstić information content (AvgIpc) is 2.71. The van der Waals surface area contributed by atoms with Crippen molar-refractivity contribution in [2.45, 2.75) is 19.9 Å². The van der Waals surface area contributed by atoms with E-state index in [1.54, 1.807) is 18.2 Å². The van der Waals surface area contributed by atoms with Crippen LogP contribution in [0.1, 0.15) is 44.8 Å². The van der Waals surface area contributed by atoms with Crippen LogP contribution in [0.2, 0.25) is 0 Å². The van der Waals surface area contributed by atoms with Gasteiger partial charge in [0.2, 0.25) is 0 Å². The highest BCUT2D eigenvalue weighted by Crippen LogP contribution is 2.33. The number of fused-ring (bicyclic) bond motifs is 1. The van der Waals surface area contributed by atoms with Gasteiger partial charge in [0.25, 0.3) is 11.8 Å². The van der Waals surface area contributed by atoms with Gasteiger partial charge in [0.05, 0.1) is 17.2 Å². The molecule has 0 saturated carbocycles. The molecule has 0 fully saturated rings. The summed E-state index contributed by atoms with van der Waals surface area (Å²) in [4.78, 5) is 26.3. The first-order valence-corrected chi connectivity index (χ1v) is 6.83. The largest absolute Gasteiger partial charge is 0.398 e. The van der Waals surface area contributed by atoms with Crippen molar-refractivity contribution >= 4 is 17.5 Å². The van der Waals surface area contributed by atoms with Gasteiger partial charge in [-0.25, -0.2) is 0 Å². The molecule has 0 aliphatic carbocycles. The SMILES string of the molecule is Cc1cccc(C(C)N2C(=O)c3cccc(N)c3C2=O)c1. The van der Waals surface area contributed by atoms with Crippen LogP contribution in [-0.2, 0) is 0 Å². The van der Waals surface area contributed by atoms with Crippen molar-refractivity contribution in [3.8, 4) is 0 Å². The van der Waals surface area contributed by atoms with E-state index in [-0.39, 0.29) is 17.9 Å². The lowest BCUT2D eigenvalue weighted by atomic mass is 10.0. The Morgan fingerprint density at radius 3 is 2.43 bits per heavy atom. The molecule has 1 aliphatic heterocycles. The van der Waals surface area contributed by atoms with Crippen molar-refractivity contribution in [2.24, 2.45) is 0 Å². The lowest BCUT2D eigenvalue weighted by molar-refractivity contribution is 0.0595. The number of imide groups is 1. The summed E-state index contributed by atoms with van der Waals surface area (Å²) in [6.45, 7) is 3.84. The van der Waals surface area contributed by atoms with Crippen LogP contribution in [0.3, 0.4) is 0 Å². The number of hydrogen-bond donors (Lipinski definition) is 1. The summed E-state index contributed by atoms with van der Waals surface area (Å²) in [6.07, 6.45) is 0. The van der Waals surface area contributed by atoms with E-state index in [1.165, 1.54) is 4.90 Å². The van der Waals surface area contributed by atoms with Crippen molar-refractivity contribution in [1.29, 1.82) is 0 Å². The van der Waals surface area contributed by atoms with Crippen molar-refractivity contribution in [1.82, 2.24) is 4.90 Å². The third-order valence-corrected chi connectivity index (χ3v) is 3.89. The lowest BCUT2D eigenvalue weighted by Gasteiger charge is -2.23.